The number of sulfonamides is 1. The molecule has 2 aromatic carbocycles. The summed E-state index contributed by atoms with van der Waals surface area (Å²) >= 11 is 6.67. The highest BCUT2D eigenvalue weighted by Gasteiger charge is 2.28. The summed E-state index contributed by atoms with van der Waals surface area (Å²) in [6.45, 7) is 1.82. The molecular formula is C19H20Br2N4O3S. The summed E-state index contributed by atoms with van der Waals surface area (Å²) in [5, 5.41) is 3.96. The summed E-state index contributed by atoms with van der Waals surface area (Å²) in [5.74, 6) is -0.234. The Labute approximate surface area is 187 Å². The zero-order chi connectivity index (χ0) is 20.9. The lowest BCUT2D eigenvalue weighted by Gasteiger charge is -2.33. The van der Waals surface area contributed by atoms with Crippen molar-refractivity contribution >= 4 is 54.0 Å². The van der Waals surface area contributed by atoms with Crippen molar-refractivity contribution in [2.45, 2.75) is 4.90 Å². The largest absolute Gasteiger partial charge is 0.292 e. The summed E-state index contributed by atoms with van der Waals surface area (Å²) in [4.78, 5) is 14.3. The predicted molar refractivity (Wildman–Crippen MR) is 119 cm³/mol. The van der Waals surface area contributed by atoms with Crippen molar-refractivity contribution in [3.63, 3.8) is 0 Å². The lowest BCUT2D eigenvalue weighted by atomic mass is 10.2. The number of benzene rings is 2. The molecule has 1 amide bonds. The van der Waals surface area contributed by atoms with Crippen LogP contribution in [0.5, 0.6) is 0 Å². The lowest BCUT2D eigenvalue weighted by Crippen LogP contribution is -2.50. The van der Waals surface area contributed by atoms with Gasteiger partial charge in [0.25, 0.3) is 5.91 Å². The molecule has 0 saturated carbocycles. The van der Waals surface area contributed by atoms with Gasteiger partial charge in [-0.05, 0) is 42.0 Å². The summed E-state index contributed by atoms with van der Waals surface area (Å²) < 4.78 is 28.7. The average molecular weight is 544 g/mol. The first-order valence-electron chi connectivity index (χ1n) is 8.90. The Balaban J connectivity index is 1.47. The number of nitrogens with zero attached hydrogens (tertiary/aromatic N) is 3. The first-order chi connectivity index (χ1) is 13.8. The smallest absolute Gasteiger partial charge is 0.254 e. The second kappa shape index (κ2) is 9.94. The van der Waals surface area contributed by atoms with Crippen molar-refractivity contribution < 1.29 is 13.2 Å². The van der Waals surface area contributed by atoms with Crippen LogP contribution in [0, 0.1) is 0 Å². The number of hydrazone groups is 1. The molecule has 29 heavy (non-hydrogen) atoms. The summed E-state index contributed by atoms with van der Waals surface area (Å²) in [6, 6.07) is 14.1. The number of carbonyl (C=O) groups is 1. The number of hydrogen-bond donors (Lipinski definition) is 1. The second-order valence-electron chi connectivity index (χ2n) is 6.48. The van der Waals surface area contributed by atoms with Gasteiger partial charge in [0.1, 0.15) is 0 Å². The van der Waals surface area contributed by atoms with Crippen LogP contribution >= 0.6 is 31.9 Å². The van der Waals surface area contributed by atoms with E-state index in [9.17, 15) is 13.2 Å². The van der Waals surface area contributed by atoms with Crippen molar-refractivity contribution in [2.75, 3.05) is 32.7 Å². The van der Waals surface area contributed by atoms with Gasteiger partial charge in [0, 0.05) is 35.1 Å². The molecule has 1 heterocycles. The van der Waals surface area contributed by atoms with Gasteiger partial charge in [-0.1, -0.05) is 44.0 Å². The van der Waals surface area contributed by atoms with Gasteiger partial charge < -0.3 is 0 Å². The van der Waals surface area contributed by atoms with E-state index in [1.165, 1.54) is 4.31 Å². The zero-order valence-corrected chi connectivity index (χ0v) is 19.5. The third kappa shape index (κ3) is 6.19. The first kappa shape index (κ1) is 22.1. The van der Waals surface area contributed by atoms with Crippen molar-refractivity contribution in [3.05, 3.63) is 63.0 Å². The molecule has 1 aliphatic rings. The standard InChI is InChI=1S/C19H20Br2N4O3S/c20-16-3-1-15(2-4-16)13-22-23-19(26)14-24-9-11-25(12-10-24)29(27,28)18-7-5-17(21)6-8-18/h1-8,13H,9-12,14H2,(H,23,26)/b22-13-. The maximum absolute atomic E-state index is 12.7. The van der Waals surface area contributed by atoms with Gasteiger partial charge >= 0.3 is 0 Å². The molecule has 1 N–H and O–H groups in total. The number of piperazine rings is 1. The molecule has 0 spiro atoms. The molecule has 0 radical (unpaired) electrons. The minimum atomic E-state index is -3.52. The van der Waals surface area contributed by atoms with Crippen LogP contribution in [0.4, 0.5) is 0 Å². The fourth-order valence-corrected chi connectivity index (χ4v) is 4.80. The number of rotatable bonds is 6. The van der Waals surface area contributed by atoms with E-state index in [2.05, 4.69) is 42.4 Å². The van der Waals surface area contributed by atoms with Gasteiger partial charge in [-0.2, -0.15) is 9.41 Å². The third-order valence-corrected chi connectivity index (χ3v) is 7.39. The van der Waals surface area contributed by atoms with Crippen LogP contribution in [0.3, 0.4) is 0 Å². The van der Waals surface area contributed by atoms with Crippen LogP contribution in [0.15, 0.2) is 67.5 Å². The Morgan fingerprint density at radius 2 is 1.52 bits per heavy atom. The van der Waals surface area contributed by atoms with Gasteiger partial charge in [-0.3, -0.25) is 9.69 Å². The van der Waals surface area contributed by atoms with Gasteiger partial charge in [-0.25, -0.2) is 13.8 Å². The van der Waals surface area contributed by atoms with Crippen molar-refractivity contribution in [1.82, 2.24) is 14.6 Å². The van der Waals surface area contributed by atoms with Gasteiger partial charge in [0.15, 0.2) is 0 Å². The van der Waals surface area contributed by atoms with Crippen LogP contribution in [0.25, 0.3) is 0 Å². The highest BCUT2D eigenvalue weighted by Crippen LogP contribution is 2.20. The molecule has 1 fully saturated rings. The molecule has 0 bridgehead atoms. The van der Waals surface area contributed by atoms with E-state index in [1.807, 2.05) is 29.2 Å². The van der Waals surface area contributed by atoms with E-state index in [1.54, 1.807) is 30.5 Å². The van der Waals surface area contributed by atoms with Crippen LogP contribution in [0.1, 0.15) is 5.56 Å². The molecule has 7 nitrogen and oxygen atoms in total. The Morgan fingerprint density at radius 3 is 2.10 bits per heavy atom. The molecule has 0 unspecified atom stereocenters. The Hall–Kier alpha value is -1.59. The van der Waals surface area contributed by atoms with Crippen molar-refractivity contribution in [2.24, 2.45) is 5.10 Å². The van der Waals surface area contributed by atoms with Crippen LogP contribution < -0.4 is 5.43 Å². The lowest BCUT2D eigenvalue weighted by molar-refractivity contribution is -0.122. The molecular weight excluding hydrogens is 524 g/mol. The van der Waals surface area contributed by atoms with Crippen molar-refractivity contribution in [1.29, 1.82) is 0 Å². The summed E-state index contributed by atoms with van der Waals surface area (Å²) in [5.41, 5.74) is 3.38. The molecule has 1 aliphatic heterocycles. The van der Waals surface area contributed by atoms with Gasteiger partial charge in [0.05, 0.1) is 17.7 Å². The minimum absolute atomic E-state index is 0.170. The summed E-state index contributed by atoms with van der Waals surface area (Å²) in [7, 11) is -3.52. The highest BCUT2D eigenvalue weighted by molar-refractivity contribution is 9.10. The van der Waals surface area contributed by atoms with Crippen LogP contribution in [0.2, 0.25) is 0 Å². The molecule has 3 rings (SSSR count). The molecule has 1 saturated heterocycles. The molecule has 0 atom stereocenters. The second-order valence-corrected chi connectivity index (χ2v) is 10.2. The van der Waals surface area contributed by atoms with E-state index in [0.717, 1.165) is 14.5 Å². The molecule has 0 aromatic heterocycles. The Kier molecular flexibility index (Phi) is 7.58. The fourth-order valence-electron chi connectivity index (χ4n) is 2.85. The monoisotopic (exact) mass is 542 g/mol. The molecule has 154 valence electrons. The predicted octanol–water partition coefficient (Wildman–Crippen LogP) is 2.67. The van der Waals surface area contributed by atoms with Gasteiger partial charge in [0.2, 0.25) is 10.0 Å². The molecule has 10 heteroatoms. The van der Waals surface area contributed by atoms with Crippen LogP contribution in [-0.4, -0.2) is 62.5 Å². The van der Waals surface area contributed by atoms with E-state index < -0.39 is 10.0 Å². The number of halogens is 2. The van der Waals surface area contributed by atoms with E-state index in [0.29, 0.717) is 26.2 Å². The summed E-state index contributed by atoms with van der Waals surface area (Å²) in [6.07, 6.45) is 1.58. The van der Waals surface area contributed by atoms with E-state index in [-0.39, 0.29) is 17.3 Å². The molecule has 2 aromatic rings. The zero-order valence-electron chi connectivity index (χ0n) is 15.5. The number of amides is 1. The minimum Gasteiger partial charge on any atom is -0.292 e. The normalized spacial score (nSPS) is 16.2. The maximum atomic E-state index is 12.7. The van der Waals surface area contributed by atoms with E-state index in [4.69, 9.17) is 0 Å². The fraction of sp³-hybridized carbons (Fsp3) is 0.263. The third-order valence-electron chi connectivity index (χ3n) is 4.42. The van der Waals surface area contributed by atoms with Crippen LogP contribution in [-0.2, 0) is 14.8 Å². The quantitative estimate of drug-likeness (QED) is 0.448. The number of nitrogens with one attached hydrogen (secondary N) is 1. The Morgan fingerprint density at radius 1 is 0.966 bits per heavy atom. The molecule has 0 aliphatic carbocycles. The topological polar surface area (TPSA) is 82.1 Å². The van der Waals surface area contributed by atoms with Crippen molar-refractivity contribution in [3.8, 4) is 0 Å². The SMILES string of the molecule is O=C(CN1CCN(S(=O)(=O)c2ccc(Br)cc2)CC1)N/N=C\c1ccc(Br)cc1. The van der Waals surface area contributed by atoms with E-state index >= 15 is 0 Å². The average Bonchev–Trinajstić information content (AvgIpc) is 2.70. The first-order valence-corrected chi connectivity index (χ1v) is 11.9. The highest BCUT2D eigenvalue weighted by atomic mass is 79.9. The number of hydrogen-bond acceptors (Lipinski definition) is 5. The number of carbonyl (C=O) groups excluding carboxylic acids is 1. The van der Waals surface area contributed by atoms with Gasteiger partial charge in [-0.15, -0.1) is 0 Å². The maximum Gasteiger partial charge on any atom is 0.254 e. The Bertz CT molecular complexity index is 972.